The minimum absolute atomic E-state index is 0.0587. The van der Waals surface area contributed by atoms with Gasteiger partial charge in [0.25, 0.3) is 0 Å². The van der Waals surface area contributed by atoms with Crippen LogP contribution in [0.2, 0.25) is 0 Å². The van der Waals surface area contributed by atoms with E-state index in [2.05, 4.69) is 9.72 Å². The zero-order valence-electron chi connectivity index (χ0n) is 9.81. The zero-order valence-corrected chi connectivity index (χ0v) is 9.81. The van der Waals surface area contributed by atoms with Crippen molar-refractivity contribution < 1.29 is 24.2 Å². The smallest absolute Gasteiger partial charge is 0.340 e. The van der Waals surface area contributed by atoms with Crippen LogP contribution in [0.25, 0.3) is 10.9 Å². The van der Waals surface area contributed by atoms with Gasteiger partial charge >= 0.3 is 11.9 Å². The summed E-state index contributed by atoms with van der Waals surface area (Å²) in [5, 5.41) is 9.53. The van der Waals surface area contributed by atoms with Gasteiger partial charge in [-0.15, -0.1) is 0 Å². The Balaban J connectivity index is 2.84. The summed E-state index contributed by atoms with van der Waals surface area (Å²) in [5.41, 5.74) is 0.647. The summed E-state index contributed by atoms with van der Waals surface area (Å²) in [5.74, 6) is -1.57. The lowest BCUT2D eigenvalue weighted by atomic mass is 10.1. The second-order valence-electron chi connectivity index (χ2n) is 3.56. The lowest BCUT2D eigenvalue weighted by Gasteiger charge is -2.07. The Bertz CT molecular complexity index is 629. The first-order valence-corrected chi connectivity index (χ1v) is 5.09. The summed E-state index contributed by atoms with van der Waals surface area (Å²) >= 11 is 0. The monoisotopic (exact) mass is 249 g/mol. The van der Waals surface area contributed by atoms with Crippen LogP contribution in [0.4, 0.5) is 0 Å². The molecule has 0 amide bonds. The molecule has 0 spiro atoms. The second kappa shape index (κ2) is 4.40. The highest BCUT2D eigenvalue weighted by atomic mass is 16.5. The summed E-state index contributed by atoms with van der Waals surface area (Å²) in [6.45, 7) is 0. The molecule has 0 atom stereocenters. The van der Waals surface area contributed by atoms with Crippen LogP contribution in [0.5, 0.6) is 5.75 Å². The number of esters is 1. The molecule has 0 aliphatic heterocycles. The average molecular weight is 249 g/mol. The Morgan fingerprint density at radius 1 is 1.28 bits per heavy atom. The maximum Gasteiger partial charge on any atom is 0.340 e. The summed E-state index contributed by atoms with van der Waals surface area (Å²) < 4.78 is 9.62. The number of carbonyl (C=O) groups excluding carboxylic acids is 1. The van der Waals surface area contributed by atoms with Gasteiger partial charge in [-0.1, -0.05) is 0 Å². The van der Waals surface area contributed by atoms with Crippen LogP contribution in [-0.4, -0.2) is 36.2 Å². The van der Waals surface area contributed by atoms with Crippen molar-refractivity contribution >= 4 is 22.8 Å². The first-order valence-electron chi connectivity index (χ1n) is 5.09. The number of H-pyrrole nitrogens is 1. The lowest BCUT2D eigenvalue weighted by Crippen LogP contribution is -2.05. The van der Waals surface area contributed by atoms with Crippen molar-refractivity contribution in [3.05, 3.63) is 29.5 Å². The number of aromatic carboxylic acids is 1. The summed E-state index contributed by atoms with van der Waals surface area (Å²) in [6, 6.07) is 3.18. The Hall–Kier alpha value is -2.50. The van der Waals surface area contributed by atoms with E-state index in [-0.39, 0.29) is 22.3 Å². The Morgan fingerprint density at radius 2 is 2.00 bits per heavy atom. The molecule has 0 bridgehead atoms. The predicted octanol–water partition coefficient (Wildman–Crippen LogP) is 1.66. The number of aromatic amines is 1. The van der Waals surface area contributed by atoms with Gasteiger partial charge in [-0.05, 0) is 12.1 Å². The number of fused-ring (bicyclic) bond motifs is 1. The first-order chi connectivity index (χ1) is 8.60. The number of rotatable bonds is 3. The van der Waals surface area contributed by atoms with Crippen LogP contribution in [-0.2, 0) is 4.74 Å². The van der Waals surface area contributed by atoms with Crippen molar-refractivity contribution in [1.82, 2.24) is 4.98 Å². The maximum absolute atomic E-state index is 11.6. The fraction of sp³-hybridized carbons (Fsp3) is 0.167. The van der Waals surface area contributed by atoms with Gasteiger partial charge in [0.2, 0.25) is 0 Å². The Morgan fingerprint density at radius 3 is 2.56 bits per heavy atom. The van der Waals surface area contributed by atoms with Gasteiger partial charge in [0.05, 0.1) is 19.8 Å². The SMILES string of the molecule is COC(=O)c1c[nH]c2ccc(OC)c(C(=O)O)c12. The van der Waals surface area contributed by atoms with Gasteiger partial charge in [0.1, 0.15) is 11.3 Å². The molecule has 1 aromatic heterocycles. The molecule has 18 heavy (non-hydrogen) atoms. The van der Waals surface area contributed by atoms with Crippen LogP contribution in [0.1, 0.15) is 20.7 Å². The Labute approximate surface area is 102 Å². The molecule has 0 saturated carbocycles. The standard InChI is InChI=1S/C12H11NO5/c1-17-8-4-3-7-9(10(8)11(14)15)6(5-13-7)12(16)18-2/h3-5,13H,1-2H3,(H,14,15). The van der Waals surface area contributed by atoms with Crippen LogP contribution in [0.3, 0.4) is 0 Å². The zero-order chi connectivity index (χ0) is 13.3. The normalized spacial score (nSPS) is 10.3. The number of carboxylic acid groups (broad SMARTS) is 1. The van der Waals surface area contributed by atoms with Gasteiger partial charge in [-0.25, -0.2) is 9.59 Å². The number of nitrogens with one attached hydrogen (secondary N) is 1. The van der Waals surface area contributed by atoms with Gasteiger partial charge in [-0.3, -0.25) is 0 Å². The van der Waals surface area contributed by atoms with Gasteiger partial charge in [-0.2, -0.15) is 0 Å². The third kappa shape index (κ3) is 1.67. The van der Waals surface area contributed by atoms with Crippen molar-refractivity contribution in [1.29, 1.82) is 0 Å². The van der Waals surface area contributed by atoms with Crippen molar-refractivity contribution in [3.8, 4) is 5.75 Å². The largest absolute Gasteiger partial charge is 0.496 e. The maximum atomic E-state index is 11.6. The van der Waals surface area contributed by atoms with E-state index in [1.807, 2.05) is 0 Å². The summed E-state index contributed by atoms with van der Waals surface area (Å²) in [6.07, 6.45) is 1.42. The fourth-order valence-electron chi connectivity index (χ4n) is 1.86. The molecular weight excluding hydrogens is 238 g/mol. The van der Waals surface area contributed by atoms with Crippen molar-refractivity contribution in [2.24, 2.45) is 0 Å². The molecular formula is C12H11NO5. The van der Waals surface area contributed by atoms with Crippen LogP contribution in [0, 0.1) is 0 Å². The van der Waals surface area contributed by atoms with Gasteiger partial charge in [0.15, 0.2) is 0 Å². The van der Waals surface area contributed by atoms with Crippen molar-refractivity contribution in [2.45, 2.75) is 0 Å². The molecule has 6 nitrogen and oxygen atoms in total. The molecule has 0 radical (unpaired) electrons. The van der Waals surface area contributed by atoms with Crippen LogP contribution in [0.15, 0.2) is 18.3 Å². The minimum atomic E-state index is -1.16. The lowest BCUT2D eigenvalue weighted by molar-refractivity contribution is 0.0603. The number of benzene rings is 1. The van der Waals surface area contributed by atoms with E-state index in [9.17, 15) is 14.7 Å². The molecule has 0 saturated heterocycles. The first kappa shape index (κ1) is 12.0. The fourth-order valence-corrected chi connectivity index (χ4v) is 1.86. The molecule has 1 heterocycles. The average Bonchev–Trinajstić information content (AvgIpc) is 2.79. The Kier molecular flexibility index (Phi) is 2.93. The molecule has 2 N–H and O–H groups in total. The van der Waals surface area contributed by atoms with E-state index in [1.165, 1.54) is 26.5 Å². The minimum Gasteiger partial charge on any atom is -0.496 e. The number of carbonyl (C=O) groups is 2. The second-order valence-corrected chi connectivity index (χ2v) is 3.56. The van der Waals surface area contributed by atoms with Crippen LogP contribution < -0.4 is 4.74 Å². The number of hydrogen-bond donors (Lipinski definition) is 2. The summed E-state index contributed by atoms with van der Waals surface area (Å²) in [7, 11) is 2.61. The molecule has 2 aromatic rings. The molecule has 0 unspecified atom stereocenters. The van der Waals surface area contributed by atoms with Crippen molar-refractivity contribution in [3.63, 3.8) is 0 Å². The number of hydrogen-bond acceptors (Lipinski definition) is 4. The quantitative estimate of drug-likeness (QED) is 0.807. The van der Waals surface area contributed by atoms with Gasteiger partial charge < -0.3 is 19.6 Å². The highest BCUT2D eigenvalue weighted by Crippen LogP contribution is 2.30. The third-order valence-corrected chi connectivity index (χ3v) is 2.65. The van der Waals surface area contributed by atoms with E-state index in [1.54, 1.807) is 6.07 Å². The van der Waals surface area contributed by atoms with E-state index in [4.69, 9.17) is 4.74 Å². The van der Waals surface area contributed by atoms with E-state index in [0.717, 1.165) is 0 Å². The summed E-state index contributed by atoms with van der Waals surface area (Å²) in [4.78, 5) is 25.7. The number of carboxylic acids is 1. The number of ether oxygens (including phenoxy) is 2. The molecule has 2 rings (SSSR count). The van der Waals surface area contributed by atoms with E-state index >= 15 is 0 Å². The molecule has 6 heteroatoms. The molecule has 0 aliphatic rings. The molecule has 1 aromatic carbocycles. The molecule has 94 valence electrons. The third-order valence-electron chi connectivity index (χ3n) is 2.65. The van der Waals surface area contributed by atoms with Crippen molar-refractivity contribution in [2.75, 3.05) is 14.2 Å². The highest BCUT2D eigenvalue weighted by Gasteiger charge is 2.22. The molecule has 0 fully saturated rings. The molecule has 0 aliphatic carbocycles. The van der Waals surface area contributed by atoms with E-state index < -0.39 is 11.9 Å². The number of methoxy groups -OCH3 is 2. The highest BCUT2D eigenvalue weighted by molar-refractivity contribution is 6.14. The number of aromatic nitrogens is 1. The van der Waals surface area contributed by atoms with Crippen LogP contribution >= 0.6 is 0 Å². The predicted molar refractivity (Wildman–Crippen MR) is 63.1 cm³/mol. The topological polar surface area (TPSA) is 88.6 Å². The van der Waals surface area contributed by atoms with E-state index in [0.29, 0.717) is 5.52 Å². The van der Waals surface area contributed by atoms with Gasteiger partial charge in [0, 0.05) is 17.1 Å².